The molecule has 0 aliphatic carbocycles. The molecule has 7 heteroatoms. The van der Waals surface area contributed by atoms with Crippen molar-refractivity contribution in [3.63, 3.8) is 0 Å². The Morgan fingerprint density at radius 3 is 2.83 bits per heavy atom. The molecule has 0 aliphatic heterocycles. The van der Waals surface area contributed by atoms with Crippen molar-refractivity contribution in [2.45, 2.75) is 13.2 Å². The summed E-state index contributed by atoms with van der Waals surface area (Å²) in [4.78, 5) is 2.08. The van der Waals surface area contributed by atoms with E-state index < -0.39 is 0 Å². The van der Waals surface area contributed by atoms with Crippen molar-refractivity contribution in [1.82, 2.24) is 19.9 Å². The third kappa shape index (κ3) is 3.56. The van der Waals surface area contributed by atoms with E-state index in [1.165, 1.54) is 0 Å². The zero-order valence-corrected chi connectivity index (χ0v) is 15.0. The van der Waals surface area contributed by atoms with Crippen LogP contribution in [-0.2, 0) is 13.2 Å². The van der Waals surface area contributed by atoms with Gasteiger partial charge in [-0.15, -0.1) is 5.10 Å². The van der Waals surface area contributed by atoms with Gasteiger partial charge in [0.05, 0.1) is 19.3 Å². The smallest absolute Gasteiger partial charge is 0.135 e. The van der Waals surface area contributed by atoms with Gasteiger partial charge in [0, 0.05) is 22.5 Å². The van der Waals surface area contributed by atoms with Crippen LogP contribution in [0.25, 0.3) is 10.9 Å². The van der Waals surface area contributed by atoms with E-state index in [9.17, 15) is 0 Å². The molecule has 0 atom stereocenters. The zero-order valence-electron chi connectivity index (χ0n) is 13.4. The van der Waals surface area contributed by atoms with Gasteiger partial charge in [-0.25, -0.2) is 4.68 Å². The van der Waals surface area contributed by atoms with E-state index in [1.54, 1.807) is 11.8 Å². The Morgan fingerprint density at radius 1 is 1.25 bits per heavy atom. The lowest BCUT2D eigenvalue weighted by Crippen LogP contribution is -2.24. The first-order valence-electron chi connectivity index (χ1n) is 7.42. The average molecular weight is 361 g/mol. The van der Waals surface area contributed by atoms with E-state index in [-0.39, 0.29) is 0 Å². The molecule has 2 aromatic carbocycles. The molecule has 1 aromatic heterocycles. The fourth-order valence-corrected chi connectivity index (χ4v) is 3.02. The average Bonchev–Trinajstić information content (AvgIpc) is 2.58. The summed E-state index contributed by atoms with van der Waals surface area (Å²) in [6.07, 6.45) is 0. The van der Waals surface area contributed by atoms with Crippen LogP contribution >= 0.6 is 23.8 Å². The van der Waals surface area contributed by atoms with Crippen molar-refractivity contribution >= 4 is 34.7 Å². The molecular formula is C17H17ClN4OS. The maximum absolute atomic E-state index is 6.09. The molecule has 124 valence electrons. The molecule has 0 saturated heterocycles. The molecule has 5 nitrogen and oxygen atoms in total. The van der Waals surface area contributed by atoms with Gasteiger partial charge in [0.15, 0.2) is 0 Å². The Morgan fingerprint density at radius 2 is 2.04 bits per heavy atom. The molecule has 0 unspecified atom stereocenters. The molecule has 0 aliphatic rings. The van der Waals surface area contributed by atoms with E-state index in [2.05, 4.69) is 15.2 Å². The van der Waals surface area contributed by atoms with E-state index in [1.807, 2.05) is 49.5 Å². The maximum atomic E-state index is 6.09. The summed E-state index contributed by atoms with van der Waals surface area (Å²) >= 11 is 11.6. The third-order valence-electron chi connectivity index (χ3n) is 3.69. The van der Waals surface area contributed by atoms with Crippen molar-refractivity contribution in [2.24, 2.45) is 0 Å². The first-order chi connectivity index (χ1) is 11.6. The second-order valence-electron chi connectivity index (χ2n) is 5.52. The lowest BCUT2D eigenvalue weighted by atomic mass is 10.2. The van der Waals surface area contributed by atoms with Gasteiger partial charge in [-0.2, -0.15) is 0 Å². The summed E-state index contributed by atoms with van der Waals surface area (Å²) in [7, 11) is 3.64. The molecule has 3 aromatic rings. The van der Waals surface area contributed by atoms with Crippen LogP contribution in [0.1, 0.15) is 5.56 Å². The highest BCUT2D eigenvalue weighted by Gasteiger charge is 2.09. The summed E-state index contributed by atoms with van der Waals surface area (Å²) in [5.41, 5.74) is 1.81. The second-order valence-corrected chi connectivity index (χ2v) is 6.35. The molecule has 1 heterocycles. The predicted molar refractivity (Wildman–Crippen MR) is 97.8 cm³/mol. The Balaban J connectivity index is 1.83. The molecule has 0 N–H and O–H groups in total. The molecule has 0 spiro atoms. The van der Waals surface area contributed by atoms with Crippen LogP contribution in [0.15, 0.2) is 42.5 Å². The molecule has 0 saturated carbocycles. The first kappa shape index (κ1) is 16.8. The van der Waals surface area contributed by atoms with Gasteiger partial charge in [0.2, 0.25) is 0 Å². The van der Waals surface area contributed by atoms with Crippen molar-refractivity contribution < 1.29 is 4.74 Å². The molecule has 3 rings (SSSR count). The molecule has 0 amide bonds. The van der Waals surface area contributed by atoms with Crippen molar-refractivity contribution in [3.8, 4) is 5.75 Å². The SMILES string of the molecule is COc1ccc(Cl)cc1CN(C)Cn1nnc2ccccc2c1=S. The van der Waals surface area contributed by atoms with Gasteiger partial charge in [-0.1, -0.05) is 41.2 Å². The van der Waals surface area contributed by atoms with Gasteiger partial charge < -0.3 is 4.74 Å². The van der Waals surface area contributed by atoms with Crippen LogP contribution in [0.2, 0.25) is 5.02 Å². The minimum absolute atomic E-state index is 0.520. The third-order valence-corrected chi connectivity index (χ3v) is 4.35. The van der Waals surface area contributed by atoms with Gasteiger partial charge in [0.1, 0.15) is 10.4 Å². The van der Waals surface area contributed by atoms with E-state index in [0.29, 0.717) is 22.9 Å². The number of hydrogen-bond acceptors (Lipinski definition) is 5. The summed E-state index contributed by atoms with van der Waals surface area (Å²) in [5, 5.41) is 10.0. The Kier molecular flexibility index (Phi) is 5.08. The second kappa shape index (κ2) is 7.25. The number of methoxy groups -OCH3 is 1. The zero-order chi connectivity index (χ0) is 17.1. The van der Waals surface area contributed by atoms with Crippen molar-refractivity contribution in [1.29, 1.82) is 0 Å². The quantitative estimate of drug-likeness (QED) is 0.645. The topological polar surface area (TPSA) is 43.2 Å². The van der Waals surface area contributed by atoms with Gasteiger partial charge in [-0.3, -0.25) is 4.90 Å². The molecule has 0 radical (unpaired) electrons. The maximum Gasteiger partial charge on any atom is 0.135 e. The Labute approximate surface area is 150 Å². The van der Waals surface area contributed by atoms with Gasteiger partial charge in [0.25, 0.3) is 0 Å². The van der Waals surface area contributed by atoms with Crippen LogP contribution in [0.4, 0.5) is 0 Å². The predicted octanol–water partition coefficient (Wildman–Crippen LogP) is 3.91. The number of rotatable bonds is 5. The van der Waals surface area contributed by atoms with E-state index in [0.717, 1.165) is 22.2 Å². The molecule has 24 heavy (non-hydrogen) atoms. The van der Waals surface area contributed by atoms with Crippen molar-refractivity contribution in [3.05, 3.63) is 57.7 Å². The van der Waals surface area contributed by atoms with Crippen LogP contribution in [0.3, 0.4) is 0 Å². The van der Waals surface area contributed by atoms with Crippen LogP contribution in [-0.4, -0.2) is 34.1 Å². The highest BCUT2D eigenvalue weighted by molar-refractivity contribution is 7.71. The highest BCUT2D eigenvalue weighted by Crippen LogP contribution is 2.24. The first-order valence-corrected chi connectivity index (χ1v) is 8.20. The van der Waals surface area contributed by atoms with E-state index >= 15 is 0 Å². The highest BCUT2D eigenvalue weighted by atomic mass is 35.5. The number of benzene rings is 2. The normalized spacial score (nSPS) is 11.2. The number of ether oxygens (including phenoxy) is 1. The molecule has 0 bridgehead atoms. The number of nitrogens with zero attached hydrogens (tertiary/aromatic N) is 4. The summed E-state index contributed by atoms with van der Waals surface area (Å²) < 4.78 is 7.78. The van der Waals surface area contributed by atoms with Crippen LogP contribution < -0.4 is 4.74 Å². The van der Waals surface area contributed by atoms with Crippen LogP contribution in [0.5, 0.6) is 5.75 Å². The monoisotopic (exact) mass is 360 g/mol. The largest absolute Gasteiger partial charge is 0.496 e. The number of fused-ring (bicyclic) bond motifs is 1. The van der Waals surface area contributed by atoms with Crippen molar-refractivity contribution in [2.75, 3.05) is 14.2 Å². The van der Waals surface area contributed by atoms with Crippen LogP contribution in [0, 0.1) is 4.64 Å². The fraction of sp³-hybridized carbons (Fsp3) is 0.235. The molecule has 0 fully saturated rings. The number of aromatic nitrogens is 3. The lowest BCUT2D eigenvalue weighted by Gasteiger charge is -2.19. The fourth-order valence-electron chi connectivity index (χ4n) is 2.56. The summed E-state index contributed by atoms with van der Waals surface area (Å²) in [6.45, 7) is 1.17. The lowest BCUT2D eigenvalue weighted by molar-refractivity contribution is 0.235. The standard InChI is InChI=1S/C17H17ClN4OS/c1-21(10-12-9-13(18)7-8-16(12)23-2)11-22-17(24)14-5-3-4-6-15(14)19-20-22/h3-9H,10-11H2,1-2H3. The van der Waals surface area contributed by atoms with Gasteiger partial charge in [-0.05, 0) is 37.4 Å². The Bertz CT molecular complexity index is 928. The minimum Gasteiger partial charge on any atom is -0.496 e. The Hall–Kier alpha value is -2.02. The summed E-state index contributed by atoms with van der Waals surface area (Å²) in [6, 6.07) is 13.3. The molecular weight excluding hydrogens is 344 g/mol. The minimum atomic E-state index is 0.520. The number of hydrogen-bond donors (Lipinski definition) is 0. The van der Waals surface area contributed by atoms with E-state index in [4.69, 9.17) is 28.6 Å². The van der Waals surface area contributed by atoms with Gasteiger partial charge >= 0.3 is 0 Å². The summed E-state index contributed by atoms with van der Waals surface area (Å²) in [5.74, 6) is 0.805. The number of halogens is 1.